The number of ether oxygens (including phenoxy) is 1. The predicted octanol–water partition coefficient (Wildman–Crippen LogP) is 7.68. The Kier molecular flexibility index (Phi) is 8.40. The lowest BCUT2D eigenvalue weighted by atomic mass is 9.98. The van der Waals surface area contributed by atoms with E-state index in [1.54, 1.807) is 0 Å². The molecule has 15 heteroatoms. The van der Waals surface area contributed by atoms with Crippen molar-refractivity contribution >= 4 is 11.8 Å². The molecular formula is C22H19F9N2O4. The largest absolute Gasteiger partial charge is 0.439 e. The van der Waals surface area contributed by atoms with Gasteiger partial charge in [-0.1, -0.05) is 13.8 Å². The number of hydrogen-bond donors (Lipinski definition) is 0. The Morgan fingerprint density at radius 2 is 1.35 bits per heavy atom. The van der Waals surface area contributed by atoms with Crippen molar-refractivity contribution in [1.29, 1.82) is 0 Å². The minimum atomic E-state index is -5.13. The second-order valence-corrected chi connectivity index (χ2v) is 7.63. The zero-order chi connectivity index (χ0) is 28.5. The van der Waals surface area contributed by atoms with E-state index in [-0.39, 0.29) is 17.2 Å². The van der Waals surface area contributed by atoms with Gasteiger partial charge in [-0.15, -0.1) is 0 Å². The molecule has 3 rings (SSSR count). The first kappa shape index (κ1) is 29.7. The fourth-order valence-corrected chi connectivity index (χ4v) is 3.54. The minimum absolute atomic E-state index is 0.0975. The predicted molar refractivity (Wildman–Crippen MR) is 110 cm³/mol. The number of nitrogens with zero attached hydrogens (tertiary/aromatic N) is 2. The Labute approximate surface area is 203 Å². The van der Waals surface area contributed by atoms with Crippen molar-refractivity contribution in [3.05, 3.63) is 73.8 Å². The van der Waals surface area contributed by atoms with Crippen LogP contribution in [0.4, 0.5) is 50.0 Å². The molecule has 0 saturated carbocycles. The Hall–Kier alpha value is -3.52. The molecule has 0 aliphatic carbocycles. The Morgan fingerprint density at radius 3 is 1.78 bits per heavy atom. The van der Waals surface area contributed by atoms with E-state index < -0.39 is 76.7 Å². The molecule has 2 aromatic carbocycles. The van der Waals surface area contributed by atoms with Crippen molar-refractivity contribution in [2.24, 2.45) is 0 Å². The summed E-state index contributed by atoms with van der Waals surface area (Å²) in [7, 11) is 0. The lowest BCUT2D eigenvalue weighted by Crippen LogP contribution is -2.24. The van der Waals surface area contributed by atoms with Gasteiger partial charge in [0, 0.05) is 23.7 Å². The molecule has 204 valence electrons. The van der Waals surface area contributed by atoms with E-state index >= 15 is 0 Å². The average Bonchev–Trinajstić information content (AvgIpc) is 3.12. The van der Waals surface area contributed by atoms with Crippen LogP contribution in [0.5, 0.6) is 0 Å². The van der Waals surface area contributed by atoms with Crippen LogP contribution in [0, 0.1) is 17.0 Å². The molecule has 1 fully saturated rings. The molecule has 0 spiro atoms. The van der Waals surface area contributed by atoms with Gasteiger partial charge < -0.3 is 4.74 Å². The molecule has 0 N–H and O–H groups in total. The quantitative estimate of drug-likeness (QED) is 0.224. The summed E-state index contributed by atoms with van der Waals surface area (Å²) < 4.78 is 123. The summed E-state index contributed by atoms with van der Waals surface area (Å²) in [5.41, 5.74) is -6.71. The van der Waals surface area contributed by atoms with E-state index in [0.29, 0.717) is 29.2 Å². The molecule has 1 aliphatic heterocycles. The molecule has 2 aromatic rings. The van der Waals surface area contributed by atoms with Crippen molar-refractivity contribution in [3.8, 4) is 0 Å². The lowest BCUT2D eigenvalue weighted by Gasteiger charge is -2.18. The number of carbonyl (C=O) groups is 1. The van der Waals surface area contributed by atoms with Crippen LogP contribution in [-0.2, 0) is 29.8 Å². The summed E-state index contributed by atoms with van der Waals surface area (Å²) in [5.74, 6) is 0. The standard InChI is InChI=1S/C20H13F9N2O4.C2H6/c1-9-14(5-13(20(27,28)29)6-15(9)31(33)34)16-8-30(17(32)35-16)7-10-2-11(18(21,22)23)4-12(3-10)19(24,25)26;1-2/h2-6,16H,7-8H2,1H3;1-2H3/t16-;/m0./s1. The van der Waals surface area contributed by atoms with Crippen LogP contribution in [-0.4, -0.2) is 22.5 Å². The first-order valence-electron chi connectivity index (χ1n) is 10.5. The van der Waals surface area contributed by atoms with Crippen LogP contribution in [0.3, 0.4) is 0 Å². The van der Waals surface area contributed by atoms with E-state index in [4.69, 9.17) is 4.74 Å². The first-order valence-corrected chi connectivity index (χ1v) is 10.5. The van der Waals surface area contributed by atoms with Gasteiger partial charge in [-0.25, -0.2) is 4.79 Å². The third-order valence-electron chi connectivity index (χ3n) is 5.20. The van der Waals surface area contributed by atoms with Crippen molar-refractivity contribution in [3.63, 3.8) is 0 Å². The smallest absolute Gasteiger partial charge is 0.416 e. The van der Waals surface area contributed by atoms with E-state index in [2.05, 4.69) is 0 Å². The summed E-state index contributed by atoms with van der Waals surface area (Å²) in [4.78, 5) is 23.1. The van der Waals surface area contributed by atoms with Gasteiger partial charge in [-0.05, 0) is 36.8 Å². The van der Waals surface area contributed by atoms with Gasteiger partial charge in [-0.2, -0.15) is 39.5 Å². The number of benzene rings is 2. The third kappa shape index (κ3) is 6.83. The van der Waals surface area contributed by atoms with Crippen LogP contribution in [0.15, 0.2) is 30.3 Å². The van der Waals surface area contributed by atoms with E-state index in [1.807, 2.05) is 13.8 Å². The van der Waals surface area contributed by atoms with Crippen LogP contribution >= 0.6 is 0 Å². The monoisotopic (exact) mass is 546 g/mol. The maximum Gasteiger partial charge on any atom is 0.416 e. The highest BCUT2D eigenvalue weighted by molar-refractivity contribution is 5.70. The summed E-state index contributed by atoms with van der Waals surface area (Å²) >= 11 is 0. The van der Waals surface area contributed by atoms with Crippen molar-refractivity contribution in [2.75, 3.05) is 6.54 Å². The highest BCUT2D eigenvalue weighted by Crippen LogP contribution is 2.40. The van der Waals surface area contributed by atoms with Crippen LogP contribution in [0.25, 0.3) is 0 Å². The summed E-state index contributed by atoms with van der Waals surface area (Å²) in [5, 5.41) is 11.2. The van der Waals surface area contributed by atoms with Crippen molar-refractivity contribution in [1.82, 2.24) is 4.90 Å². The zero-order valence-electron chi connectivity index (χ0n) is 19.3. The third-order valence-corrected chi connectivity index (χ3v) is 5.20. The van der Waals surface area contributed by atoms with Gasteiger partial charge in [-0.3, -0.25) is 15.0 Å². The molecule has 6 nitrogen and oxygen atoms in total. The highest BCUT2D eigenvalue weighted by atomic mass is 19.4. The highest BCUT2D eigenvalue weighted by Gasteiger charge is 2.40. The molecule has 0 aromatic heterocycles. The lowest BCUT2D eigenvalue weighted by molar-refractivity contribution is -0.385. The average molecular weight is 546 g/mol. The molecule has 1 aliphatic rings. The Morgan fingerprint density at radius 1 is 0.892 bits per heavy atom. The number of cyclic esters (lactones) is 1. The molecule has 1 amide bonds. The summed E-state index contributed by atoms with van der Waals surface area (Å²) in [6.07, 6.45) is -18.0. The van der Waals surface area contributed by atoms with Gasteiger partial charge >= 0.3 is 24.6 Å². The number of halogens is 9. The first-order chi connectivity index (χ1) is 16.9. The van der Waals surface area contributed by atoms with Crippen LogP contribution in [0.1, 0.15) is 53.3 Å². The van der Waals surface area contributed by atoms with Gasteiger partial charge in [0.2, 0.25) is 0 Å². The maximum atomic E-state index is 13.2. The maximum absolute atomic E-state index is 13.2. The molecular weight excluding hydrogens is 527 g/mol. The second kappa shape index (κ2) is 10.5. The zero-order valence-corrected chi connectivity index (χ0v) is 19.3. The van der Waals surface area contributed by atoms with E-state index in [1.165, 1.54) is 0 Å². The number of amides is 1. The molecule has 0 bridgehead atoms. The number of carbonyl (C=O) groups excluding carboxylic acids is 1. The number of hydrogen-bond acceptors (Lipinski definition) is 4. The fourth-order valence-electron chi connectivity index (χ4n) is 3.54. The van der Waals surface area contributed by atoms with Gasteiger partial charge in [0.05, 0.1) is 28.2 Å². The number of rotatable bonds is 4. The SMILES string of the molecule is CC.Cc1c([C@@H]2CN(Cc3cc(C(F)(F)F)cc(C(F)(F)F)c3)C(=O)O2)cc(C(F)(F)F)cc1[N+](=O)[O-]. The van der Waals surface area contributed by atoms with Crippen LogP contribution < -0.4 is 0 Å². The van der Waals surface area contributed by atoms with Crippen molar-refractivity contribution < 1.29 is 54.0 Å². The molecule has 0 radical (unpaired) electrons. The van der Waals surface area contributed by atoms with Crippen molar-refractivity contribution in [2.45, 2.75) is 51.9 Å². The van der Waals surface area contributed by atoms with Gasteiger partial charge in [0.15, 0.2) is 0 Å². The second-order valence-electron chi connectivity index (χ2n) is 7.63. The molecule has 1 atom stereocenters. The minimum Gasteiger partial charge on any atom is -0.439 e. The molecule has 1 saturated heterocycles. The van der Waals surface area contributed by atoms with E-state index in [0.717, 1.165) is 6.92 Å². The number of nitro benzene ring substituents is 1. The summed E-state index contributed by atoms with van der Waals surface area (Å²) in [6.45, 7) is 3.75. The van der Waals surface area contributed by atoms with Crippen LogP contribution in [0.2, 0.25) is 0 Å². The molecule has 0 unspecified atom stereocenters. The van der Waals surface area contributed by atoms with E-state index in [9.17, 15) is 54.4 Å². The Balaban J connectivity index is 0.00000235. The Bertz CT molecular complexity index is 1140. The molecule has 37 heavy (non-hydrogen) atoms. The molecule has 1 heterocycles. The topological polar surface area (TPSA) is 72.7 Å². The van der Waals surface area contributed by atoms with Gasteiger partial charge in [0.1, 0.15) is 6.10 Å². The summed E-state index contributed by atoms with van der Waals surface area (Å²) in [6, 6.07) is 1.54. The number of nitro groups is 1. The fraction of sp³-hybridized carbons (Fsp3) is 0.409. The van der Waals surface area contributed by atoms with Gasteiger partial charge in [0.25, 0.3) is 5.69 Å². The number of alkyl halides is 9. The normalized spacial score (nSPS) is 16.3.